The molecule has 2 fully saturated rings. The molecule has 0 radical (unpaired) electrons. The average Bonchev–Trinajstić information content (AvgIpc) is 3.42. The second kappa shape index (κ2) is 8.91. The van der Waals surface area contributed by atoms with Gasteiger partial charge in [0.2, 0.25) is 5.91 Å². The number of hydrogen-bond acceptors (Lipinski definition) is 3. The standard InChI is InChI=1S/C23H31N3O2/c27-17-20-16-24-26(21-8-2-1-3-9-21)23(20)19-12-14-25(15-13-19)22(28)11-10-18-6-4-5-7-18/h1-3,8-9,16,18-19,27H,4-7,10-15,17H2. The number of aliphatic hydroxyl groups excluding tert-OH is 1. The highest BCUT2D eigenvalue weighted by molar-refractivity contribution is 5.76. The quantitative estimate of drug-likeness (QED) is 0.821. The highest BCUT2D eigenvalue weighted by Gasteiger charge is 2.28. The van der Waals surface area contributed by atoms with Crippen LogP contribution < -0.4 is 0 Å². The lowest BCUT2D eigenvalue weighted by Crippen LogP contribution is -2.38. The Morgan fingerprint density at radius 1 is 1.07 bits per heavy atom. The van der Waals surface area contributed by atoms with Crippen LogP contribution in [-0.2, 0) is 11.4 Å². The number of aliphatic hydroxyl groups is 1. The Labute approximate surface area is 167 Å². The Kier molecular flexibility index (Phi) is 6.10. The lowest BCUT2D eigenvalue weighted by atomic mass is 9.90. The highest BCUT2D eigenvalue weighted by Crippen LogP contribution is 2.33. The summed E-state index contributed by atoms with van der Waals surface area (Å²) in [5.41, 5.74) is 3.02. The zero-order valence-corrected chi connectivity index (χ0v) is 16.6. The molecule has 4 rings (SSSR count). The first-order valence-corrected chi connectivity index (χ1v) is 10.8. The van der Waals surface area contributed by atoms with Crippen molar-refractivity contribution in [2.24, 2.45) is 5.92 Å². The number of carbonyl (C=O) groups excluding carboxylic acids is 1. The van der Waals surface area contributed by atoms with Crippen molar-refractivity contribution >= 4 is 5.91 Å². The van der Waals surface area contributed by atoms with Crippen molar-refractivity contribution in [3.8, 4) is 5.69 Å². The van der Waals surface area contributed by atoms with Gasteiger partial charge in [-0.2, -0.15) is 5.10 Å². The zero-order valence-electron chi connectivity index (χ0n) is 16.6. The Bertz CT molecular complexity index is 772. The van der Waals surface area contributed by atoms with Gasteiger partial charge < -0.3 is 10.0 Å². The summed E-state index contributed by atoms with van der Waals surface area (Å²) in [7, 11) is 0. The Hall–Kier alpha value is -2.14. The molecule has 0 atom stereocenters. The summed E-state index contributed by atoms with van der Waals surface area (Å²) in [6.07, 6.45) is 10.7. The minimum atomic E-state index is 0.00268. The fourth-order valence-corrected chi connectivity index (χ4v) is 4.91. The van der Waals surface area contributed by atoms with E-state index >= 15 is 0 Å². The average molecular weight is 382 g/mol. The largest absolute Gasteiger partial charge is 0.392 e. The fourth-order valence-electron chi connectivity index (χ4n) is 4.91. The van der Waals surface area contributed by atoms with E-state index in [1.54, 1.807) is 6.20 Å². The number of piperidine rings is 1. The van der Waals surface area contributed by atoms with Crippen LogP contribution in [-0.4, -0.2) is 38.8 Å². The van der Waals surface area contributed by atoms with E-state index in [0.717, 1.165) is 55.2 Å². The molecule has 28 heavy (non-hydrogen) atoms. The highest BCUT2D eigenvalue weighted by atomic mass is 16.3. The van der Waals surface area contributed by atoms with Crippen molar-refractivity contribution in [3.05, 3.63) is 47.8 Å². The van der Waals surface area contributed by atoms with E-state index < -0.39 is 0 Å². The maximum absolute atomic E-state index is 12.6. The third kappa shape index (κ3) is 4.14. The van der Waals surface area contributed by atoms with Crippen LogP contribution in [0.15, 0.2) is 36.5 Å². The topological polar surface area (TPSA) is 58.4 Å². The third-order valence-electron chi connectivity index (χ3n) is 6.53. The van der Waals surface area contributed by atoms with E-state index in [0.29, 0.717) is 18.2 Å². The van der Waals surface area contributed by atoms with Crippen molar-refractivity contribution in [1.82, 2.24) is 14.7 Å². The number of likely N-dealkylation sites (tertiary alicyclic amines) is 1. The Morgan fingerprint density at radius 2 is 1.79 bits per heavy atom. The van der Waals surface area contributed by atoms with E-state index in [2.05, 4.69) is 5.10 Å². The Balaban J connectivity index is 1.39. The van der Waals surface area contributed by atoms with Crippen LogP contribution >= 0.6 is 0 Å². The van der Waals surface area contributed by atoms with Gasteiger partial charge in [0.25, 0.3) is 0 Å². The van der Waals surface area contributed by atoms with Crippen molar-refractivity contribution < 1.29 is 9.90 Å². The van der Waals surface area contributed by atoms with Gasteiger partial charge in [-0.15, -0.1) is 0 Å². The minimum Gasteiger partial charge on any atom is -0.392 e. The fraction of sp³-hybridized carbons (Fsp3) is 0.565. The van der Waals surface area contributed by atoms with Crippen molar-refractivity contribution in [3.63, 3.8) is 0 Å². The summed E-state index contributed by atoms with van der Waals surface area (Å²) in [4.78, 5) is 14.7. The smallest absolute Gasteiger partial charge is 0.222 e. The van der Waals surface area contributed by atoms with E-state index in [4.69, 9.17) is 0 Å². The summed E-state index contributed by atoms with van der Waals surface area (Å²) < 4.78 is 1.97. The first-order valence-electron chi connectivity index (χ1n) is 10.8. The number of rotatable bonds is 6. The summed E-state index contributed by atoms with van der Waals surface area (Å²) in [6.45, 7) is 1.61. The first-order chi connectivity index (χ1) is 13.8. The van der Waals surface area contributed by atoms with Crippen LogP contribution in [0.3, 0.4) is 0 Å². The van der Waals surface area contributed by atoms with Gasteiger partial charge in [-0.1, -0.05) is 43.9 Å². The molecule has 1 saturated carbocycles. The summed E-state index contributed by atoms with van der Waals surface area (Å²) in [5, 5.41) is 14.3. The first kappa shape index (κ1) is 19.2. The lowest BCUT2D eigenvalue weighted by Gasteiger charge is -2.33. The van der Waals surface area contributed by atoms with E-state index in [1.165, 1.54) is 25.7 Å². The maximum atomic E-state index is 12.6. The minimum absolute atomic E-state index is 0.00268. The van der Waals surface area contributed by atoms with Gasteiger partial charge in [-0.25, -0.2) is 4.68 Å². The summed E-state index contributed by atoms with van der Waals surface area (Å²) in [6, 6.07) is 10.1. The molecule has 1 amide bonds. The van der Waals surface area contributed by atoms with Gasteiger partial charge in [0.05, 0.1) is 24.2 Å². The molecule has 1 aliphatic carbocycles. The molecule has 1 aliphatic heterocycles. The molecular weight excluding hydrogens is 350 g/mol. The van der Waals surface area contributed by atoms with Crippen LogP contribution in [0.4, 0.5) is 0 Å². The normalized spacial score (nSPS) is 18.7. The maximum Gasteiger partial charge on any atom is 0.222 e. The number of amides is 1. The Morgan fingerprint density at radius 3 is 2.46 bits per heavy atom. The predicted molar refractivity (Wildman–Crippen MR) is 109 cm³/mol. The molecule has 1 saturated heterocycles. The van der Waals surface area contributed by atoms with Crippen LogP contribution in [0.1, 0.15) is 68.5 Å². The summed E-state index contributed by atoms with van der Waals surface area (Å²) in [5.74, 6) is 1.42. The number of hydrogen-bond donors (Lipinski definition) is 1. The summed E-state index contributed by atoms with van der Waals surface area (Å²) >= 11 is 0. The number of aromatic nitrogens is 2. The van der Waals surface area contributed by atoms with Gasteiger partial charge in [-0.05, 0) is 37.3 Å². The van der Waals surface area contributed by atoms with Crippen LogP contribution in [0, 0.1) is 5.92 Å². The number of para-hydroxylation sites is 1. The van der Waals surface area contributed by atoms with E-state index in [1.807, 2.05) is 39.9 Å². The van der Waals surface area contributed by atoms with Crippen molar-refractivity contribution in [2.75, 3.05) is 13.1 Å². The molecule has 1 aromatic carbocycles. The molecule has 5 heteroatoms. The molecular formula is C23H31N3O2. The second-order valence-corrected chi connectivity index (χ2v) is 8.30. The SMILES string of the molecule is O=C(CCC1CCCC1)N1CCC(c2c(CO)cnn2-c2ccccc2)CC1. The molecule has 150 valence electrons. The number of carbonyl (C=O) groups is 1. The molecule has 1 aromatic heterocycles. The molecule has 2 aromatic rings. The number of benzene rings is 1. The van der Waals surface area contributed by atoms with Gasteiger partial charge in [0.15, 0.2) is 0 Å². The zero-order chi connectivity index (χ0) is 19.3. The van der Waals surface area contributed by atoms with E-state index in [-0.39, 0.29) is 6.61 Å². The second-order valence-electron chi connectivity index (χ2n) is 8.30. The molecule has 0 bridgehead atoms. The van der Waals surface area contributed by atoms with Gasteiger partial charge in [0.1, 0.15) is 0 Å². The molecule has 2 aliphatic rings. The molecule has 0 spiro atoms. The number of nitrogens with zero attached hydrogens (tertiary/aromatic N) is 3. The predicted octanol–water partition coefficient (Wildman–Crippen LogP) is 4.04. The van der Waals surface area contributed by atoms with Gasteiger partial charge in [-0.3, -0.25) is 4.79 Å². The molecule has 0 unspecified atom stereocenters. The monoisotopic (exact) mass is 381 g/mol. The van der Waals surface area contributed by atoms with Crippen LogP contribution in [0.2, 0.25) is 0 Å². The molecule has 1 N–H and O–H groups in total. The van der Waals surface area contributed by atoms with E-state index in [9.17, 15) is 9.90 Å². The molecule has 5 nitrogen and oxygen atoms in total. The van der Waals surface area contributed by atoms with Gasteiger partial charge in [0, 0.05) is 31.0 Å². The van der Waals surface area contributed by atoms with Gasteiger partial charge >= 0.3 is 0 Å². The van der Waals surface area contributed by atoms with Crippen molar-refractivity contribution in [1.29, 1.82) is 0 Å². The van der Waals surface area contributed by atoms with Crippen LogP contribution in [0.25, 0.3) is 5.69 Å². The molecule has 2 heterocycles. The third-order valence-corrected chi connectivity index (χ3v) is 6.53. The van der Waals surface area contributed by atoms with Crippen molar-refractivity contribution in [2.45, 2.75) is 63.9 Å². The lowest BCUT2D eigenvalue weighted by molar-refractivity contribution is -0.132. The van der Waals surface area contributed by atoms with Crippen LogP contribution in [0.5, 0.6) is 0 Å².